The second kappa shape index (κ2) is 20.1. The Morgan fingerprint density at radius 3 is 1.47 bits per heavy atom. The normalized spacial score (nSPS) is 14.0. The first-order chi connectivity index (χ1) is 22.6. The number of benzene rings is 3. The van der Waals surface area contributed by atoms with E-state index in [-0.39, 0.29) is 11.1 Å². The summed E-state index contributed by atoms with van der Waals surface area (Å²) >= 11 is 0. The van der Waals surface area contributed by atoms with Gasteiger partial charge in [-0.3, -0.25) is 5.32 Å². The lowest BCUT2D eigenvalue weighted by Gasteiger charge is -2.43. The minimum atomic E-state index is -2.07. The Bertz CT molecular complexity index is 1160. The number of aliphatic hydroxyl groups is 1. The lowest BCUT2D eigenvalue weighted by atomic mass is 9.76. The second-order valence-corrected chi connectivity index (χ2v) is 19.7. The van der Waals surface area contributed by atoms with E-state index >= 15 is 0 Å². The predicted octanol–water partition coefficient (Wildman–Crippen LogP) is 11.6. The summed E-state index contributed by atoms with van der Waals surface area (Å²) in [5.41, 5.74) is 2.71. The fraction of sp³-hybridized carbons (Fsp3) is 0.535. The number of rotatable bonds is 22. The van der Waals surface area contributed by atoms with Crippen LogP contribution in [0.1, 0.15) is 121 Å². The summed E-state index contributed by atoms with van der Waals surface area (Å²) in [6, 6.07) is 31.6. The second-order valence-electron chi connectivity index (χ2n) is 14.9. The van der Waals surface area contributed by atoms with Gasteiger partial charge in [-0.05, 0) is 47.7 Å². The van der Waals surface area contributed by atoms with Crippen molar-refractivity contribution in [1.82, 2.24) is 5.32 Å². The molecule has 0 amide bonds. The first kappa shape index (κ1) is 38.9. The summed E-state index contributed by atoms with van der Waals surface area (Å²) in [7, 11) is -2.07. The van der Waals surface area contributed by atoms with Crippen molar-refractivity contribution in [1.29, 1.82) is 0 Å². The Balaban J connectivity index is 1.79. The Hall–Kier alpha value is -2.50. The lowest BCUT2D eigenvalue weighted by Crippen LogP contribution is -2.56. The Kier molecular flexibility index (Phi) is 16.7. The van der Waals surface area contributed by atoms with Gasteiger partial charge in [-0.2, -0.15) is 0 Å². The molecule has 3 nitrogen and oxygen atoms in total. The third-order valence-electron chi connectivity index (χ3n) is 10.2. The van der Waals surface area contributed by atoms with E-state index < -0.39 is 20.0 Å². The molecule has 0 saturated carbocycles. The molecule has 0 aliphatic heterocycles. The third kappa shape index (κ3) is 12.2. The highest BCUT2D eigenvalue weighted by molar-refractivity contribution is 6.74. The molecule has 0 saturated heterocycles. The maximum Gasteiger partial charge on any atom is 0.192 e. The predicted molar refractivity (Wildman–Crippen MR) is 206 cm³/mol. The fourth-order valence-corrected chi connectivity index (χ4v) is 7.16. The van der Waals surface area contributed by atoms with E-state index in [0.717, 1.165) is 23.1 Å². The largest absolute Gasteiger partial charge is 0.415 e. The molecule has 0 aliphatic carbocycles. The van der Waals surface area contributed by atoms with Gasteiger partial charge in [-0.15, -0.1) is 0 Å². The zero-order valence-electron chi connectivity index (χ0n) is 30.5. The highest BCUT2D eigenvalue weighted by Gasteiger charge is 2.42. The minimum Gasteiger partial charge on any atom is -0.415 e. The van der Waals surface area contributed by atoms with Gasteiger partial charge in [-0.25, -0.2) is 0 Å². The molecule has 3 aromatic rings. The Labute approximate surface area is 289 Å². The molecular formula is C43H65NO2Si. The van der Waals surface area contributed by atoms with Crippen molar-refractivity contribution in [3.05, 3.63) is 120 Å². The molecule has 0 bridgehead atoms. The van der Waals surface area contributed by atoms with Crippen LogP contribution in [0.4, 0.5) is 0 Å². The van der Waals surface area contributed by atoms with E-state index in [1.54, 1.807) is 0 Å². The fourth-order valence-electron chi connectivity index (χ4n) is 6.13. The van der Waals surface area contributed by atoms with Crippen molar-refractivity contribution < 1.29 is 9.53 Å². The van der Waals surface area contributed by atoms with Crippen LogP contribution in [0.25, 0.3) is 0 Å². The topological polar surface area (TPSA) is 41.5 Å². The number of hydrogen-bond donors (Lipinski definition) is 2. The van der Waals surface area contributed by atoms with Gasteiger partial charge in [0.25, 0.3) is 0 Å². The van der Waals surface area contributed by atoms with E-state index in [9.17, 15) is 5.11 Å². The summed E-state index contributed by atoms with van der Waals surface area (Å²) in [6.45, 7) is 14.1. The van der Waals surface area contributed by atoms with Crippen LogP contribution >= 0.6 is 0 Å². The maximum absolute atomic E-state index is 11.9. The summed E-state index contributed by atoms with van der Waals surface area (Å²) in [5, 5.41) is 16.0. The van der Waals surface area contributed by atoms with Crippen molar-refractivity contribution in [3.8, 4) is 0 Å². The molecule has 2 unspecified atom stereocenters. The van der Waals surface area contributed by atoms with Gasteiger partial charge in [0.1, 0.15) is 0 Å². The van der Waals surface area contributed by atoms with Crippen molar-refractivity contribution in [2.45, 2.75) is 141 Å². The number of nitrogens with one attached hydrogen (secondary N) is 1. The van der Waals surface area contributed by atoms with Crippen LogP contribution < -0.4 is 5.32 Å². The van der Waals surface area contributed by atoms with Crippen molar-refractivity contribution >= 4 is 8.32 Å². The summed E-state index contributed by atoms with van der Waals surface area (Å²) in [5.74, 6) is 0. The SMILES string of the molecule is CCCCCCCCCCCCCC=CC(O)C(CO[Si](C)(C)C(C)(C)C)NC(c1ccccc1)(c1ccccc1)c1ccccc1. The van der Waals surface area contributed by atoms with Crippen molar-refractivity contribution in [2.24, 2.45) is 0 Å². The van der Waals surface area contributed by atoms with Crippen LogP contribution in [-0.2, 0) is 9.96 Å². The van der Waals surface area contributed by atoms with Crippen LogP contribution in [0.2, 0.25) is 18.1 Å². The molecule has 0 radical (unpaired) electrons. The molecule has 3 rings (SSSR count). The molecule has 0 aromatic heterocycles. The van der Waals surface area contributed by atoms with Gasteiger partial charge in [0, 0.05) is 0 Å². The Morgan fingerprint density at radius 2 is 1.06 bits per heavy atom. The molecule has 0 spiro atoms. The van der Waals surface area contributed by atoms with E-state index in [4.69, 9.17) is 4.43 Å². The lowest BCUT2D eigenvalue weighted by molar-refractivity contribution is 0.113. The molecule has 258 valence electrons. The Morgan fingerprint density at radius 1 is 0.660 bits per heavy atom. The molecule has 2 N–H and O–H groups in total. The quantitative estimate of drug-likeness (QED) is 0.0490. The summed E-state index contributed by atoms with van der Waals surface area (Å²) in [6.07, 6.45) is 19.2. The number of allylic oxidation sites excluding steroid dienone is 1. The monoisotopic (exact) mass is 655 g/mol. The highest BCUT2D eigenvalue weighted by atomic mass is 28.4. The van der Waals surface area contributed by atoms with Crippen LogP contribution in [0.3, 0.4) is 0 Å². The molecule has 0 aliphatic rings. The van der Waals surface area contributed by atoms with Crippen LogP contribution in [0, 0.1) is 0 Å². The van der Waals surface area contributed by atoms with Gasteiger partial charge in [0.2, 0.25) is 0 Å². The van der Waals surface area contributed by atoms with Crippen LogP contribution in [0.15, 0.2) is 103 Å². The van der Waals surface area contributed by atoms with E-state index in [2.05, 4.69) is 143 Å². The summed E-state index contributed by atoms with van der Waals surface area (Å²) < 4.78 is 6.83. The molecule has 0 heterocycles. The molecular weight excluding hydrogens is 591 g/mol. The van der Waals surface area contributed by atoms with Crippen LogP contribution in [-0.4, -0.2) is 32.2 Å². The van der Waals surface area contributed by atoms with Crippen LogP contribution in [0.5, 0.6) is 0 Å². The molecule has 47 heavy (non-hydrogen) atoms. The van der Waals surface area contributed by atoms with Gasteiger partial charge in [0.05, 0.1) is 24.3 Å². The van der Waals surface area contributed by atoms with E-state index in [1.807, 2.05) is 6.08 Å². The average molecular weight is 656 g/mol. The first-order valence-electron chi connectivity index (χ1n) is 18.5. The van der Waals surface area contributed by atoms with E-state index in [0.29, 0.717) is 6.61 Å². The molecule has 0 fully saturated rings. The third-order valence-corrected chi connectivity index (χ3v) is 14.7. The molecule has 4 heteroatoms. The van der Waals surface area contributed by atoms with E-state index in [1.165, 1.54) is 70.6 Å². The first-order valence-corrected chi connectivity index (χ1v) is 21.5. The zero-order chi connectivity index (χ0) is 34.0. The average Bonchev–Trinajstić information content (AvgIpc) is 3.07. The maximum atomic E-state index is 11.9. The van der Waals surface area contributed by atoms with Crippen molar-refractivity contribution in [3.63, 3.8) is 0 Å². The number of hydrogen-bond acceptors (Lipinski definition) is 3. The molecule has 2 atom stereocenters. The minimum absolute atomic E-state index is 0.0722. The van der Waals surface area contributed by atoms with Gasteiger partial charge in [0.15, 0.2) is 8.32 Å². The standard InChI is InChI=1S/C43H65NO2Si/c1-7-8-9-10-11-12-13-14-15-16-17-18-28-35-41(45)40(36-46-47(5,6)42(2,3)4)44-43(37-29-22-19-23-30-37,38-31-24-20-25-32-38)39-33-26-21-27-34-39/h19-35,40-41,44-45H,7-18,36H2,1-6H3. The van der Waals surface area contributed by atoms with Gasteiger partial charge >= 0.3 is 0 Å². The summed E-state index contributed by atoms with van der Waals surface area (Å²) in [4.78, 5) is 0. The zero-order valence-corrected chi connectivity index (χ0v) is 31.5. The number of aliphatic hydroxyl groups excluding tert-OH is 1. The highest BCUT2D eigenvalue weighted by Crippen LogP contribution is 2.39. The van der Waals surface area contributed by atoms with Crippen molar-refractivity contribution in [2.75, 3.05) is 6.61 Å². The number of unbranched alkanes of at least 4 members (excludes halogenated alkanes) is 11. The molecule has 3 aromatic carbocycles. The van der Waals surface area contributed by atoms with Gasteiger partial charge in [-0.1, -0.05) is 195 Å². The smallest absolute Gasteiger partial charge is 0.192 e. The van der Waals surface area contributed by atoms with Gasteiger partial charge < -0.3 is 9.53 Å².